The number of likely N-dealkylation sites (N-methyl/N-ethyl adjacent to an activating group) is 1. The Morgan fingerprint density at radius 2 is 1.89 bits per heavy atom. The molecule has 1 atom stereocenters. The van der Waals surface area contributed by atoms with Crippen LogP contribution in [-0.2, 0) is 0 Å². The lowest BCUT2D eigenvalue weighted by Crippen LogP contribution is -2.29. The zero-order chi connectivity index (χ0) is 13.1. The van der Waals surface area contributed by atoms with Crippen molar-refractivity contribution in [1.82, 2.24) is 0 Å². The summed E-state index contributed by atoms with van der Waals surface area (Å²) in [7, 11) is 2.07. The number of halogens is 1. The molecule has 0 amide bonds. The molecule has 0 saturated heterocycles. The molecule has 2 rings (SSSR count). The Kier molecular flexibility index (Phi) is 4.27. The topological polar surface area (TPSA) is 29.3 Å². The fourth-order valence-electron chi connectivity index (χ4n) is 1.93. The Labute approximate surface area is 117 Å². The van der Waals surface area contributed by atoms with E-state index in [1.165, 1.54) is 16.1 Å². The second kappa shape index (κ2) is 5.74. The summed E-state index contributed by atoms with van der Waals surface area (Å²) in [6.45, 7) is 2.66. The van der Waals surface area contributed by atoms with Crippen molar-refractivity contribution in [2.45, 2.75) is 13.0 Å². The molecule has 0 bridgehead atoms. The molecule has 0 saturated carbocycles. The average Bonchev–Trinajstić information content (AvgIpc) is 2.77. The van der Waals surface area contributed by atoms with Gasteiger partial charge in [-0.3, -0.25) is 0 Å². The Bertz CT molecular complexity index is 507. The maximum atomic E-state index is 5.99. The largest absolute Gasteiger partial charge is 0.365 e. The number of anilines is 1. The van der Waals surface area contributed by atoms with Gasteiger partial charge >= 0.3 is 0 Å². The molecule has 2 aromatic rings. The molecule has 0 aliphatic heterocycles. The normalized spacial score (nSPS) is 12.4. The lowest BCUT2D eigenvalue weighted by Gasteiger charge is -2.28. The molecule has 1 aromatic heterocycles. The Hall–Kier alpha value is -1.03. The summed E-state index contributed by atoms with van der Waals surface area (Å²) in [5.74, 6) is 0. The second-order valence-electron chi connectivity index (χ2n) is 4.34. The van der Waals surface area contributed by atoms with E-state index in [0.29, 0.717) is 6.54 Å². The molecule has 0 radical (unpaired) electrons. The van der Waals surface area contributed by atoms with Gasteiger partial charge in [-0.05, 0) is 31.2 Å². The molecule has 0 spiro atoms. The summed E-state index contributed by atoms with van der Waals surface area (Å²) in [6, 6.07) is 12.6. The first-order chi connectivity index (χ1) is 8.61. The van der Waals surface area contributed by atoms with Crippen molar-refractivity contribution in [2.24, 2.45) is 5.73 Å². The molecular formula is C14H17ClN2S. The van der Waals surface area contributed by atoms with Gasteiger partial charge in [0.1, 0.15) is 0 Å². The molecule has 96 valence electrons. The maximum absolute atomic E-state index is 5.99. The van der Waals surface area contributed by atoms with Gasteiger partial charge in [0, 0.05) is 24.2 Å². The fraction of sp³-hybridized carbons (Fsp3) is 0.286. The van der Waals surface area contributed by atoms with Crippen molar-refractivity contribution in [3.63, 3.8) is 0 Å². The monoisotopic (exact) mass is 280 g/mol. The van der Waals surface area contributed by atoms with Crippen molar-refractivity contribution in [3.8, 4) is 0 Å². The highest BCUT2D eigenvalue weighted by atomic mass is 35.5. The van der Waals surface area contributed by atoms with Crippen LogP contribution in [0.3, 0.4) is 0 Å². The van der Waals surface area contributed by atoms with Gasteiger partial charge < -0.3 is 10.6 Å². The van der Waals surface area contributed by atoms with E-state index in [2.05, 4.69) is 49.2 Å². The van der Waals surface area contributed by atoms with Crippen molar-refractivity contribution in [1.29, 1.82) is 0 Å². The molecule has 2 nitrogen and oxygen atoms in total. The van der Waals surface area contributed by atoms with E-state index in [9.17, 15) is 0 Å². The van der Waals surface area contributed by atoms with Gasteiger partial charge in [-0.1, -0.05) is 29.3 Å². The van der Waals surface area contributed by atoms with Crippen LogP contribution in [0.5, 0.6) is 0 Å². The van der Waals surface area contributed by atoms with Gasteiger partial charge in [0.05, 0.1) is 10.4 Å². The van der Waals surface area contributed by atoms with Gasteiger partial charge in [-0.2, -0.15) is 0 Å². The number of hydrogen-bond acceptors (Lipinski definition) is 3. The molecule has 18 heavy (non-hydrogen) atoms. The van der Waals surface area contributed by atoms with Crippen molar-refractivity contribution in [3.05, 3.63) is 51.2 Å². The number of aryl methyl sites for hydroxylation is 1. The third kappa shape index (κ3) is 2.86. The zero-order valence-electron chi connectivity index (χ0n) is 10.6. The van der Waals surface area contributed by atoms with E-state index in [0.717, 1.165) is 4.34 Å². The Morgan fingerprint density at radius 3 is 2.39 bits per heavy atom. The van der Waals surface area contributed by atoms with Crippen LogP contribution < -0.4 is 10.6 Å². The number of nitrogens with two attached hydrogens (primary N) is 1. The minimum atomic E-state index is 0.171. The van der Waals surface area contributed by atoms with Crippen molar-refractivity contribution in [2.75, 3.05) is 18.5 Å². The van der Waals surface area contributed by atoms with Gasteiger partial charge in [0.2, 0.25) is 0 Å². The van der Waals surface area contributed by atoms with E-state index >= 15 is 0 Å². The molecule has 1 unspecified atom stereocenters. The molecule has 2 N–H and O–H groups in total. The summed E-state index contributed by atoms with van der Waals surface area (Å²) in [5.41, 5.74) is 8.33. The molecule has 0 aliphatic carbocycles. The predicted octanol–water partition coefficient (Wildman–Crippen LogP) is 3.85. The molecular weight excluding hydrogens is 264 g/mol. The van der Waals surface area contributed by atoms with E-state index in [4.69, 9.17) is 17.3 Å². The molecule has 1 aromatic carbocycles. The third-order valence-electron chi connectivity index (χ3n) is 3.05. The molecule has 0 fully saturated rings. The highest BCUT2D eigenvalue weighted by Gasteiger charge is 2.17. The van der Waals surface area contributed by atoms with E-state index in [-0.39, 0.29) is 6.04 Å². The summed E-state index contributed by atoms with van der Waals surface area (Å²) < 4.78 is 0.806. The third-order valence-corrected chi connectivity index (χ3v) is 4.39. The highest BCUT2D eigenvalue weighted by molar-refractivity contribution is 7.16. The number of rotatable bonds is 4. The van der Waals surface area contributed by atoms with Crippen LogP contribution in [0.2, 0.25) is 4.34 Å². The van der Waals surface area contributed by atoms with Crippen LogP contribution in [0.4, 0.5) is 5.69 Å². The number of hydrogen-bond donors (Lipinski definition) is 1. The minimum Gasteiger partial charge on any atom is -0.365 e. The predicted molar refractivity (Wildman–Crippen MR) is 80.7 cm³/mol. The van der Waals surface area contributed by atoms with Crippen LogP contribution >= 0.6 is 22.9 Å². The van der Waals surface area contributed by atoms with Crippen molar-refractivity contribution >= 4 is 28.6 Å². The van der Waals surface area contributed by atoms with E-state index in [1.54, 1.807) is 11.3 Å². The lowest BCUT2D eigenvalue weighted by molar-refractivity contribution is 0.692. The smallest absolute Gasteiger partial charge is 0.0932 e. The van der Waals surface area contributed by atoms with Crippen LogP contribution in [0, 0.1) is 6.92 Å². The minimum absolute atomic E-state index is 0.171. The van der Waals surface area contributed by atoms with Gasteiger partial charge in [0.15, 0.2) is 0 Å². The quantitative estimate of drug-likeness (QED) is 0.922. The van der Waals surface area contributed by atoms with Gasteiger partial charge in [-0.15, -0.1) is 11.3 Å². The summed E-state index contributed by atoms with van der Waals surface area (Å²) in [5, 5.41) is 0. The number of benzene rings is 1. The second-order valence-corrected chi connectivity index (χ2v) is 6.09. The lowest BCUT2D eigenvalue weighted by atomic mass is 10.1. The highest BCUT2D eigenvalue weighted by Crippen LogP contribution is 2.31. The summed E-state index contributed by atoms with van der Waals surface area (Å²) in [4.78, 5) is 3.40. The van der Waals surface area contributed by atoms with Crippen LogP contribution in [0.1, 0.15) is 16.5 Å². The first-order valence-corrected chi connectivity index (χ1v) is 7.06. The Balaban J connectivity index is 2.25. The van der Waals surface area contributed by atoms with E-state index in [1.807, 2.05) is 6.07 Å². The first kappa shape index (κ1) is 13.4. The van der Waals surface area contributed by atoms with Crippen LogP contribution in [0.15, 0.2) is 36.4 Å². The van der Waals surface area contributed by atoms with Crippen molar-refractivity contribution < 1.29 is 0 Å². The first-order valence-electron chi connectivity index (χ1n) is 5.86. The molecule has 0 aliphatic rings. The Morgan fingerprint density at radius 1 is 1.22 bits per heavy atom. The number of nitrogens with zero attached hydrogens (tertiary/aromatic N) is 1. The summed E-state index contributed by atoms with van der Waals surface area (Å²) in [6.07, 6.45) is 0. The SMILES string of the molecule is Cc1ccc(N(C)C(CN)c2ccc(Cl)s2)cc1. The average molecular weight is 281 g/mol. The summed E-state index contributed by atoms with van der Waals surface area (Å²) >= 11 is 7.58. The molecule has 1 heterocycles. The van der Waals surface area contributed by atoms with Crippen LogP contribution in [-0.4, -0.2) is 13.6 Å². The van der Waals surface area contributed by atoms with E-state index < -0.39 is 0 Å². The zero-order valence-corrected chi connectivity index (χ0v) is 12.1. The standard InChI is InChI=1S/C14H17ClN2S/c1-10-3-5-11(6-4-10)17(2)12(9-16)13-7-8-14(15)18-13/h3-8,12H,9,16H2,1-2H3. The van der Waals surface area contributed by atoms with Gasteiger partial charge in [0.25, 0.3) is 0 Å². The van der Waals surface area contributed by atoms with Crippen LogP contribution in [0.25, 0.3) is 0 Å². The molecule has 4 heteroatoms. The number of thiophene rings is 1. The maximum Gasteiger partial charge on any atom is 0.0932 e. The van der Waals surface area contributed by atoms with Gasteiger partial charge in [-0.25, -0.2) is 0 Å². The fourth-order valence-corrected chi connectivity index (χ4v) is 3.15.